The molecular weight excluding hydrogens is 184 g/mol. The number of aldehydes is 1. The summed E-state index contributed by atoms with van der Waals surface area (Å²) in [6.45, 7) is 0.937. The SMILES string of the molecule is COc1ccc(C=O)c2c1OCCO2. The van der Waals surface area contributed by atoms with E-state index in [4.69, 9.17) is 14.2 Å². The topological polar surface area (TPSA) is 44.8 Å². The zero-order valence-corrected chi connectivity index (χ0v) is 7.78. The number of hydrogen-bond donors (Lipinski definition) is 0. The molecule has 0 aromatic heterocycles. The summed E-state index contributed by atoms with van der Waals surface area (Å²) in [7, 11) is 1.55. The number of carbonyl (C=O) groups is 1. The summed E-state index contributed by atoms with van der Waals surface area (Å²) >= 11 is 0. The molecular formula is C10H10O4. The third kappa shape index (κ3) is 1.28. The maximum absolute atomic E-state index is 10.7. The lowest BCUT2D eigenvalue weighted by molar-refractivity contribution is 0.111. The smallest absolute Gasteiger partial charge is 0.204 e. The van der Waals surface area contributed by atoms with E-state index >= 15 is 0 Å². The zero-order valence-electron chi connectivity index (χ0n) is 7.78. The molecule has 74 valence electrons. The predicted molar refractivity (Wildman–Crippen MR) is 49.4 cm³/mol. The molecule has 0 atom stereocenters. The third-order valence-corrected chi connectivity index (χ3v) is 2.03. The molecule has 4 nitrogen and oxygen atoms in total. The van der Waals surface area contributed by atoms with Crippen LogP contribution in [0, 0.1) is 0 Å². The van der Waals surface area contributed by atoms with E-state index < -0.39 is 0 Å². The maximum atomic E-state index is 10.7. The van der Waals surface area contributed by atoms with Crippen molar-refractivity contribution in [3.8, 4) is 17.2 Å². The fraction of sp³-hybridized carbons (Fsp3) is 0.300. The molecule has 2 rings (SSSR count). The van der Waals surface area contributed by atoms with Crippen LogP contribution in [0.2, 0.25) is 0 Å². The Balaban J connectivity index is 2.55. The number of methoxy groups -OCH3 is 1. The average Bonchev–Trinajstić information content (AvgIpc) is 2.27. The Morgan fingerprint density at radius 2 is 2.00 bits per heavy atom. The van der Waals surface area contributed by atoms with Crippen LogP contribution < -0.4 is 14.2 Å². The Bertz CT molecular complexity index is 359. The third-order valence-electron chi connectivity index (χ3n) is 2.03. The van der Waals surface area contributed by atoms with Crippen LogP contribution in [0.5, 0.6) is 17.2 Å². The molecule has 14 heavy (non-hydrogen) atoms. The summed E-state index contributed by atoms with van der Waals surface area (Å²) in [5.74, 6) is 1.58. The van der Waals surface area contributed by atoms with Gasteiger partial charge in [0, 0.05) is 0 Å². The summed E-state index contributed by atoms with van der Waals surface area (Å²) in [5.41, 5.74) is 0.487. The molecule has 1 aromatic rings. The lowest BCUT2D eigenvalue weighted by atomic mass is 10.2. The Kier molecular flexibility index (Phi) is 2.26. The fourth-order valence-corrected chi connectivity index (χ4v) is 1.39. The number of rotatable bonds is 2. The first kappa shape index (κ1) is 8.87. The molecule has 0 saturated heterocycles. The van der Waals surface area contributed by atoms with Gasteiger partial charge in [0.2, 0.25) is 5.75 Å². The Labute approximate surface area is 81.4 Å². The highest BCUT2D eigenvalue weighted by Gasteiger charge is 2.20. The van der Waals surface area contributed by atoms with Crippen LogP contribution in [-0.2, 0) is 0 Å². The van der Waals surface area contributed by atoms with E-state index in [9.17, 15) is 4.79 Å². The van der Waals surface area contributed by atoms with Crippen LogP contribution in [-0.4, -0.2) is 26.6 Å². The van der Waals surface area contributed by atoms with Crippen molar-refractivity contribution in [3.05, 3.63) is 17.7 Å². The highest BCUT2D eigenvalue weighted by molar-refractivity contribution is 5.82. The second-order valence-electron chi connectivity index (χ2n) is 2.83. The summed E-state index contributed by atoms with van der Waals surface area (Å²) in [4.78, 5) is 10.7. The van der Waals surface area contributed by atoms with Gasteiger partial charge in [-0.05, 0) is 12.1 Å². The molecule has 0 bridgehead atoms. The maximum Gasteiger partial charge on any atom is 0.204 e. The molecule has 0 unspecified atom stereocenters. The first-order valence-corrected chi connectivity index (χ1v) is 4.28. The van der Waals surface area contributed by atoms with Crippen LogP contribution in [0.25, 0.3) is 0 Å². The van der Waals surface area contributed by atoms with Crippen LogP contribution in [0.3, 0.4) is 0 Å². The van der Waals surface area contributed by atoms with Crippen LogP contribution >= 0.6 is 0 Å². The van der Waals surface area contributed by atoms with Gasteiger partial charge in [0.25, 0.3) is 0 Å². The summed E-state index contributed by atoms with van der Waals surface area (Å²) < 4.78 is 15.8. The minimum atomic E-state index is 0.459. The van der Waals surface area contributed by atoms with Gasteiger partial charge >= 0.3 is 0 Å². The number of fused-ring (bicyclic) bond motifs is 1. The van der Waals surface area contributed by atoms with Crippen molar-refractivity contribution in [3.63, 3.8) is 0 Å². The molecule has 0 aliphatic carbocycles. The van der Waals surface area contributed by atoms with Crippen molar-refractivity contribution in [2.75, 3.05) is 20.3 Å². The van der Waals surface area contributed by atoms with Crippen molar-refractivity contribution in [1.29, 1.82) is 0 Å². The lowest BCUT2D eigenvalue weighted by Crippen LogP contribution is -2.17. The molecule has 1 aliphatic rings. The second-order valence-corrected chi connectivity index (χ2v) is 2.83. The van der Waals surface area contributed by atoms with Gasteiger partial charge in [-0.15, -0.1) is 0 Å². The van der Waals surface area contributed by atoms with E-state index in [0.29, 0.717) is 36.0 Å². The van der Waals surface area contributed by atoms with E-state index in [1.54, 1.807) is 19.2 Å². The number of carbonyl (C=O) groups excluding carboxylic acids is 1. The number of hydrogen-bond acceptors (Lipinski definition) is 4. The predicted octanol–water partition coefficient (Wildman–Crippen LogP) is 1.28. The first-order chi connectivity index (χ1) is 6.86. The van der Waals surface area contributed by atoms with Gasteiger partial charge < -0.3 is 14.2 Å². The monoisotopic (exact) mass is 194 g/mol. The van der Waals surface area contributed by atoms with Gasteiger partial charge in [-0.1, -0.05) is 0 Å². The zero-order chi connectivity index (χ0) is 9.97. The van der Waals surface area contributed by atoms with Crippen molar-refractivity contribution in [2.24, 2.45) is 0 Å². The van der Waals surface area contributed by atoms with Crippen molar-refractivity contribution in [2.45, 2.75) is 0 Å². The van der Waals surface area contributed by atoms with E-state index in [-0.39, 0.29) is 0 Å². The Morgan fingerprint density at radius 1 is 1.29 bits per heavy atom. The Morgan fingerprint density at radius 3 is 2.64 bits per heavy atom. The van der Waals surface area contributed by atoms with Crippen LogP contribution in [0.4, 0.5) is 0 Å². The van der Waals surface area contributed by atoms with E-state index in [2.05, 4.69) is 0 Å². The number of ether oxygens (including phenoxy) is 3. The van der Waals surface area contributed by atoms with Gasteiger partial charge in [0.1, 0.15) is 13.2 Å². The van der Waals surface area contributed by atoms with E-state index in [1.165, 1.54) is 0 Å². The standard InChI is InChI=1S/C10H10O4/c1-12-8-3-2-7(6-11)9-10(8)14-5-4-13-9/h2-3,6H,4-5H2,1H3. The van der Waals surface area contributed by atoms with Gasteiger partial charge in [-0.25, -0.2) is 0 Å². The normalized spacial score (nSPS) is 13.5. The highest BCUT2D eigenvalue weighted by Crippen LogP contribution is 2.41. The molecule has 0 N–H and O–H groups in total. The van der Waals surface area contributed by atoms with Gasteiger partial charge in [0.05, 0.1) is 12.7 Å². The van der Waals surface area contributed by atoms with Gasteiger partial charge in [-0.3, -0.25) is 4.79 Å². The van der Waals surface area contributed by atoms with Crippen molar-refractivity contribution < 1.29 is 19.0 Å². The van der Waals surface area contributed by atoms with Crippen molar-refractivity contribution in [1.82, 2.24) is 0 Å². The molecule has 1 heterocycles. The Hall–Kier alpha value is -1.71. The first-order valence-electron chi connectivity index (χ1n) is 4.28. The van der Waals surface area contributed by atoms with Crippen LogP contribution in [0.1, 0.15) is 10.4 Å². The molecule has 0 amide bonds. The molecule has 4 heteroatoms. The highest BCUT2D eigenvalue weighted by atomic mass is 16.6. The average molecular weight is 194 g/mol. The minimum Gasteiger partial charge on any atom is -0.493 e. The lowest BCUT2D eigenvalue weighted by Gasteiger charge is -2.21. The minimum absolute atomic E-state index is 0.459. The second kappa shape index (κ2) is 3.57. The van der Waals surface area contributed by atoms with Gasteiger partial charge in [0.15, 0.2) is 17.8 Å². The summed E-state index contributed by atoms with van der Waals surface area (Å²) in [5, 5.41) is 0. The molecule has 1 aliphatic heterocycles. The summed E-state index contributed by atoms with van der Waals surface area (Å²) in [6, 6.07) is 3.34. The van der Waals surface area contributed by atoms with Crippen molar-refractivity contribution >= 4 is 6.29 Å². The molecule has 0 spiro atoms. The molecule has 0 fully saturated rings. The summed E-state index contributed by atoms with van der Waals surface area (Å²) in [6.07, 6.45) is 0.743. The molecule has 0 saturated carbocycles. The quantitative estimate of drug-likeness (QED) is 0.665. The molecule has 1 aromatic carbocycles. The van der Waals surface area contributed by atoms with E-state index in [0.717, 1.165) is 6.29 Å². The molecule has 0 radical (unpaired) electrons. The largest absolute Gasteiger partial charge is 0.493 e. The number of benzene rings is 1. The van der Waals surface area contributed by atoms with Gasteiger partial charge in [-0.2, -0.15) is 0 Å². The fourth-order valence-electron chi connectivity index (χ4n) is 1.39. The van der Waals surface area contributed by atoms with E-state index in [1.807, 2.05) is 0 Å². The van der Waals surface area contributed by atoms with Crippen LogP contribution in [0.15, 0.2) is 12.1 Å².